The third-order valence-corrected chi connectivity index (χ3v) is 4.26. The van der Waals surface area contributed by atoms with Crippen LogP contribution >= 0.6 is 11.6 Å². The zero-order valence-electron chi connectivity index (χ0n) is 13.1. The molecule has 1 aromatic heterocycles. The highest BCUT2D eigenvalue weighted by Crippen LogP contribution is 2.35. The van der Waals surface area contributed by atoms with Gasteiger partial charge in [0.15, 0.2) is 0 Å². The smallest absolute Gasteiger partial charge is 0.147 e. The van der Waals surface area contributed by atoms with Gasteiger partial charge in [-0.2, -0.15) is 5.10 Å². The molecule has 0 aliphatic rings. The minimum Gasteiger partial charge on any atom is -0.494 e. The first-order valence-electron chi connectivity index (χ1n) is 7.65. The van der Waals surface area contributed by atoms with Crippen molar-refractivity contribution in [3.05, 3.63) is 77.8 Å². The summed E-state index contributed by atoms with van der Waals surface area (Å²) >= 11 is 6.05. The number of benzene rings is 3. The van der Waals surface area contributed by atoms with Crippen molar-refractivity contribution in [2.45, 2.75) is 0 Å². The second-order valence-corrected chi connectivity index (χ2v) is 5.90. The summed E-state index contributed by atoms with van der Waals surface area (Å²) in [6.07, 6.45) is 0. The van der Waals surface area contributed by atoms with E-state index < -0.39 is 0 Å². The van der Waals surface area contributed by atoms with E-state index in [-0.39, 0.29) is 0 Å². The molecule has 0 unspecified atom stereocenters. The minimum atomic E-state index is 0.714. The van der Waals surface area contributed by atoms with E-state index in [9.17, 15) is 0 Å². The quantitative estimate of drug-likeness (QED) is 0.504. The number of hydrogen-bond acceptors (Lipinski definition) is 2. The predicted octanol–water partition coefficient (Wildman–Crippen LogP) is 5.35. The summed E-state index contributed by atoms with van der Waals surface area (Å²) < 4.78 is 7.44. The Kier molecular flexibility index (Phi) is 3.71. The van der Waals surface area contributed by atoms with Crippen LogP contribution in [0.2, 0.25) is 5.02 Å². The van der Waals surface area contributed by atoms with E-state index in [0.29, 0.717) is 5.02 Å². The lowest BCUT2D eigenvalue weighted by molar-refractivity contribution is 0.418. The summed E-state index contributed by atoms with van der Waals surface area (Å²) in [5.41, 5.74) is 3.92. The summed E-state index contributed by atoms with van der Waals surface area (Å²) in [7, 11) is 1.66. The molecule has 0 fully saturated rings. The van der Waals surface area contributed by atoms with Gasteiger partial charge in [0.1, 0.15) is 11.3 Å². The van der Waals surface area contributed by atoms with Crippen molar-refractivity contribution in [2.24, 2.45) is 0 Å². The summed E-state index contributed by atoms with van der Waals surface area (Å²) in [6.45, 7) is 0. The molecule has 1 heterocycles. The van der Waals surface area contributed by atoms with Crippen molar-refractivity contribution in [3.63, 3.8) is 0 Å². The lowest BCUT2D eigenvalue weighted by Gasteiger charge is -2.08. The van der Waals surface area contributed by atoms with Crippen LogP contribution in [0.3, 0.4) is 0 Å². The number of rotatable bonds is 3. The maximum Gasteiger partial charge on any atom is 0.147 e. The Balaban J connectivity index is 2.07. The molecule has 0 amide bonds. The van der Waals surface area contributed by atoms with Gasteiger partial charge in [0, 0.05) is 16.0 Å². The van der Waals surface area contributed by atoms with Crippen molar-refractivity contribution in [1.82, 2.24) is 9.78 Å². The Labute approximate surface area is 145 Å². The molecular weight excluding hydrogens is 320 g/mol. The third kappa shape index (κ3) is 2.43. The Hall–Kier alpha value is -2.78. The largest absolute Gasteiger partial charge is 0.494 e. The average Bonchev–Trinajstić information content (AvgIpc) is 3.03. The van der Waals surface area contributed by atoms with Gasteiger partial charge in [0.2, 0.25) is 0 Å². The second-order valence-electron chi connectivity index (χ2n) is 5.46. The first-order chi connectivity index (χ1) is 11.8. The van der Waals surface area contributed by atoms with Gasteiger partial charge in [-0.25, -0.2) is 4.68 Å². The van der Waals surface area contributed by atoms with Crippen LogP contribution in [0.1, 0.15) is 0 Å². The Morgan fingerprint density at radius 2 is 1.62 bits per heavy atom. The molecule has 0 saturated carbocycles. The normalized spacial score (nSPS) is 10.9. The van der Waals surface area contributed by atoms with E-state index >= 15 is 0 Å². The maximum absolute atomic E-state index is 6.05. The third-order valence-electron chi connectivity index (χ3n) is 4.00. The van der Waals surface area contributed by atoms with Gasteiger partial charge >= 0.3 is 0 Å². The van der Waals surface area contributed by atoms with Crippen LogP contribution in [0, 0.1) is 0 Å². The number of para-hydroxylation sites is 1. The molecule has 0 aliphatic heterocycles. The molecule has 0 bridgehead atoms. The number of halogens is 1. The van der Waals surface area contributed by atoms with Gasteiger partial charge in [0.25, 0.3) is 0 Å². The van der Waals surface area contributed by atoms with E-state index in [0.717, 1.165) is 33.6 Å². The molecule has 24 heavy (non-hydrogen) atoms. The molecule has 0 saturated heterocycles. The molecule has 0 atom stereocenters. The number of methoxy groups -OCH3 is 1. The highest BCUT2D eigenvalue weighted by atomic mass is 35.5. The molecular formula is C20H15ClN2O. The van der Waals surface area contributed by atoms with Crippen LogP contribution in [0.5, 0.6) is 5.75 Å². The number of aromatic nitrogens is 2. The Bertz CT molecular complexity index is 992. The molecule has 0 spiro atoms. The zero-order valence-corrected chi connectivity index (χ0v) is 13.9. The van der Waals surface area contributed by atoms with Crippen LogP contribution in [0.25, 0.3) is 27.8 Å². The first kappa shape index (κ1) is 14.8. The lowest BCUT2D eigenvalue weighted by Crippen LogP contribution is -1.98. The van der Waals surface area contributed by atoms with Gasteiger partial charge in [-0.1, -0.05) is 54.1 Å². The van der Waals surface area contributed by atoms with E-state index in [1.54, 1.807) is 7.11 Å². The van der Waals surface area contributed by atoms with Crippen LogP contribution in [-0.4, -0.2) is 16.9 Å². The molecule has 4 heteroatoms. The standard InChI is InChI=1S/C20H15ClN2O/c1-24-18-9-5-8-17-19(18)22-23(16-6-3-2-4-7-16)20(17)14-10-12-15(21)13-11-14/h2-13H,1H3. The topological polar surface area (TPSA) is 27.1 Å². The van der Waals surface area contributed by atoms with E-state index in [4.69, 9.17) is 21.4 Å². The minimum absolute atomic E-state index is 0.714. The highest BCUT2D eigenvalue weighted by molar-refractivity contribution is 6.30. The Morgan fingerprint density at radius 1 is 0.875 bits per heavy atom. The fraction of sp³-hybridized carbons (Fsp3) is 0.0500. The van der Waals surface area contributed by atoms with Gasteiger partial charge in [-0.15, -0.1) is 0 Å². The van der Waals surface area contributed by atoms with Crippen LogP contribution in [0.15, 0.2) is 72.8 Å². The second kappa shape index (κ2) is 6.02. The lowest BCUT2D eigenvalue weighted by atomic mass is 10.1. The SMILES string of the molecule is COc1cccc2c(-c3ccc(Cl)cc3)n(-c3ccccc3)nc12. The van der Waals surface area contributed by atoms with Crippen molar-refractivity contribution < 1.29 is 4.74 Å². The van der Waals surface area contributed by atoms with Gasteiger partial charge in [0.05, 0.1) is 18.5 Å². The van der Waals surface area contributed by atoms with Crippen LogP contribution in [0.4, 0.5) is 0 Å². The number of fused-ring (bicyclic) bond motifs is 1. The predicted molar refractivity (Wildman–Crippen MR) is 98.1 cm³/mol. The first-order valence-corrected chi connectivity index (χ1v) is 8.03. The number of nitrogens with zero attached hydrogens (tertiary/aromatic N) is 2. The number of hydrogen-bond donors (Lipinski definition) is 0. The summed E-state index contributed by atoms with van der Waals surface area (Å²) in [5.74, 6) is 0.761. The van der Waals surface area contributed by atoms with Crippen LogP contribution in [-0.2, 0) is 0 Å². The summed E-state index contributed by atoms with van der Waals surface area (Å²) in [4.78, 5) is 0. The zero-order chi connectivity index (χ0) is 16.5. The van der Waals surface area contributed by atoms with Crippen molar-refractivity contribution in [2.75, 3.05) is 7.11 Å². The van der Waals surface area contributed by atoms with Crippen molar-refractivity contribution in [1.29, 1.82) is 0 Å². The van der Waals surface area contributed by atoms with Crippen molar-refractivity contribution in [3.8, 4) is 22.7 Å². The average molecular weight is 335 g/mol. The molecule has 3 aromatic carbocycles. The summed E-state index contributed by atoms with van der Waals surface area (Å²) in [5, 5.41) is 6.57. The van der Waals surface area contributed by atoms with E-state index in [1.807, 2.05) is 71.4 Å². The monoisotopic (exact) mass is 334 g/mol. The molecule has 4 rings (SSSR count). The fourth-order valence-corrected chi connectivity index (χ4v) is 3.01. The van der Waals surface area contributed by atoms with Gasteiger partial charge in [-0.05, 0) is 30.3 Å². The fourth-order valence-electron chi connectivity index (χ4n) is 2.89. The van der Waals surface area contributed by atoms with E-state index in [2.05, 4.69) is 6.07 Å². The van der Waals surface area contributed by atoms with Crippen molar-refractivity contribution >= 4 is 22.5 Å². The molecule has 0 N–H and O–H groups in total. The molecule has 3 nitrogen and oxygen atoms in total. The molecule has 0 radical (unpaired) electrons. The van der Waals surface area contributed by atoms with Gasteiger partial charge < -0.3 is 4.74 Å². The highest BCUT2D eigenvalue weighted by Gasteiger charge is 2.17. The molecule has 118 valence electrons. The van der Waals surface area contributed by atoms with Gasteiger partial charge in [-0.3, -0.25) is 0 Å². The number of ether oxygens (including phenoxy) is 1. The van der Waals surface area contributed by atoms with Crippen LogP contribution < -0.4 is 4.74 Å². The van der Waals surface area contributed by atoms with E-state index in [1.165, 1.54) is 0 Å². The maximum atomic E-state index is 6.05. The molecule has 0 aliphatic carbocycles. The molecule has 4 aromatic rings. The summed E-state index contributed by atoms with van der Waals surface area (Å²) in [6, 6.07) is 23.9. The Morgan fingerprint density at radius 3 is 2.33 bits per heavy atom.